The molecule has 1 spiro atoms. The van der Waals surface area contributed by atoms with E-state index in [1.54, 1.807) is 0 Å². The van der Waals surface area contributed by atoms with E-state index in [1.165, 1.54) is 0 Å². The summed E-state index contributed by atoms with van der Waals surface area (Å²) in [5, 5.41) is 0. The molecule has 0 saturated carbocycles. The molecular formula is C10H18O4. The Kier molecular flexibility index (Phi) is 2.55. The lowest BCUT2D eigenvalue weighted by atomic mass is 10.0. The smallest absolute Gasteiger partial charge is 0.216 e. The molecule has 2 fully saturated rings. The summed E-state index contributed by atoms with van der Waals surface area (Å²) in [5.41, 5.74) is 0. The minimum atomic E-state index is -0.631. The molecule has 2 saturated heterocycles. The van der Waals surface area contributed by atoms with Gasteiger partial charge < -0.3 is 18.9 Å². The van der Waals surface area contributed by atoms with Gasteiger partial charge in [0.15, 0.2) is 5.79 Å². The van der Waals surface area contributed by atoms with E-state index in [1.807, 2.05) is 6.92 Å². The highest BCUT2D eigenvalue weighted by Gasteiger charge is 2.47. The molecule has 0 atom stereocenters. The van der Waals surface area contributed by atoms with Crippen molar-refractivity contribution in [2.45, 2.75) is 32.3 Å². The predicted octanol–water partition coefficient (Wildman–Crippen LogP) is 1.15. The Morgan fingerprint density at radius 1 is 0.929 bits per heavy atom. The first-order valence-electron chi connectivity index (χ1n) is 5.12. The Hall–Kier alpha value is -0.160. The van der Waals surface area contributed by atoms with E-state index in [2.05, 4.69) is 13.8 Å². The second-order valence-electron chi connectivity index (χ2n) is 4.36. The molecule has 0 bridgehead atoms. The lowest BCUT2D eigenvalue weighted by Gasteiger charge is -2.43. The summed E-state index contributed by atoms with van der Waals surface area (Å²) in [4.78, 5) is 0. The van der Waals surface area contributed by atoms with Gasteiger partial charge in [-0.3, -0.25) is 0 Å². The lowest BCUT2D eigenvalue weighted by Crippen LogP contribution is -2.55. The maximum absolute atomic E-state index is 5.69. The van der Waals surface area contributed by atoms with Crippen LogP contribution in [0.25, 0.3) is 0 Å². The summed E-state index contributed by atoms with van der Waals surface area (Å²) in [6, 6.07) is 0. The van der Waals surface area contributed by atoms with Crippen LogP contribution < -0.4 is 0 Å². The zero-order valence-electron chi connectivity index (χ0n) is 9.04. The molecule has 2 aliphatic rings. The monoisotopic (exact) mass is 202 g/mol. The molecule has 4 nitrogen and oxygen atoms in total. The highest BCUT2D eigenvalue weighted by Crippen LogP contribution is 2.33. The number of hydrogen-bond donors (Lipinski definition) is 0. The van der Waals surface area contributed by atoms with Crippen LogP contribution in [-0.2, 0) is 18.9 Å². The molecule has 0 aromatic rings. The van der Waals surface area contributed by atoms with E-state index >= 15 is 0 Å². The Morgan fingerprint density at radius 2 is 1.43 bits per heavy atom. The van der Waals surface area contributed by atoms with Crippen LogP contribution in [0.15, 0.2) is 0 Å². The van der Waals surface area contributed by atoms with Gasteiger partial charge in [-0.25, -0.2) is 0 Å². The molecule has 0 aromatic carbocycles. The van der Waals surface area contributed by atoms with E-state index in [9.17, 15) is 0 Å². The molecule has 82 valence electrons. The molecule has 0 aliphatic carbocycles. The Labute approximate surface area is 84.5 Å². The van der Waals surface area contributed by atoms with E-state index in [0.717, 1.165) is 0 Å². The zero-order valence-corrected chi connectivity index (χ0v) is 9.04. The van der Waals surface area contributed by atoms with E-state index in [0.29, 0.717) is 32.3 Å². The summed E-state index contributed by atoms with van der Waals surface area (Å²) in [7, 11) is 0. The minimum Gasteiger partial charge on any atom is -0.344 e. The maximum Gasteiger partial charge on any atom is 0.216 e. The largest absolute Gasteiger partial charge is 0.344 e. The van der Waals surface area contributed by atoms with Crippen molar-refractivity contribution in [3.05, 3.63) is 0 Å². The van der Waals surface area contributed by atoms with Crippen molar-refractivity contribution in [2.75, 3.05) is 26.4 Å². The Bertz CT molecular complexity index is 192. The van der Waals surface area contributed by atoms with Crippen molar-refractivity contribution in [1.82, 2.24) is 0 Å². The van der Waals surface area contributed by atoms with Crippen LogP contribution in [0.2, 0.25) is 0 Å². The summed E-state index contributed by atoms with van der Waals surface area (Å²) >= 11 is 0. The van der Waals surface area contributed by atoms with Crippen molar-refractivity contribution in [3.8, 4) is 0 Å². The average molecular weight is 202 g/mol. The summed E-state index contributed by atoms with van der Waals surface area (Å²) < 4.78 is 22.3. The van der Waals surface area contributed by atoms with Crippen LogP contribution in [0.4, 0.5) is 0 Å². The summed E-state index contributed by atoms with van der Waals surface area (Å²) in [5.74, 6) is -0.809. The van der Waals surface area contributed by atoms with Gasteiger partial charge in [0, 0.05) is 5.92 Å². The third-order valence-corrected chi connectivity index (χ3v) is 3.02. The number of ether oxygens (including phenoxy) is 4. The van der Waals surface area contributed by atoms with Crippen molar-refractivity contribution < 1.29 is 18.9 Å². The standard InChI is InChI=1S/C10H18O4/c1-8(2)9(3)13-6-10(7-14-9)11-4-5-12-10/h8H,4-7H2,1-3H3. The first kappa shape index (κ1) is 10.4. The average Bonchev–Trinajstić information content (AvgIpc) is 2.60. The highest BCUT2D eigenvalue weighted by atomic mass is 16.8. The highest BCUT2D eigenvalue weighted by molar-refractivity contribution is 4.82. The van der Waals surface area contributed by atoms with Gasteiger partial charge in [0.2, 0.25) is 5.79 Å². The molecule has 2 aliphatic heterocycles. The van der Waals surface area contributed by atoms with E-state index in [4.69, 9.17) is 18.9 Å². The molecule has 0 radical (unpaired) electrons. The topological polar surface area (TPSA) is 36.9 Å². The third-order valence-electron chi connectivity index (χ3n) is 3.02. The van der Waals surface area contributed by atoms with E-state index < -0.39 is 11.6 Å². The van der Waals surface area contributed by atoms with Crippen molar-refractivity contribution in [2.24, 2.45) is 5.92 Å². The molecular weight excluding hydrogens is 184 g/mol. The third kappa shape index (κ3) is 1.67. The Morgan fingerprint density at radius 3 is 1.86 bits per heavy atom. The van der Waals surface area contributed by atoms with Gasteiger partial charge in [0.1, 0.15) is 13.2 Å². The van der Waals surface area contributed by atoms with Gasteiger partial charge in [-0.2, -0.15) is 0 Å². The zero-order chi connectivity index (χ0) is 10.2. The number of hydrogen-bond acceptors (Lipinski definition) is 4. The summed E-state index contributed by atoms with van der Waals surface area (Å²) in [6.07, 6.45) is 0. The first-order chi connectivity index (χ1) is 6.56. The predicted molar refractivity (Wildman–Crippen MR) is 49.8 cm³/mol. The summed E-state index contributed by atoms with van der Waals surface area (Å²) in [6.45, 7) is 8.29. The molecule has 0 amide bonds. The Balaban J connectivity index is 1.97. The van der Waals surface area contributed by atoms with Crippen LogP contribution in [-0.4, -0.2) is 38.0 Å². The van der Waals surface area contributed by atoms with Gasteiger partial charge in [-0.15, -0.1) is 0 Å². The van der Waals surface area contributed by atoms with Gasteiger partial charge in [-0.05, 0) is 6.92 Å². The van der Waals surface area contributed by atoms with Crippen LogP contribution in [0.3, 0.4) is 0 Å². The molecule has 0 aromatic heterocycles. The van der Waals surface area contributed by atoms with Crippen LogP contribution in [0.1, 0.15) is 20.8 Å². The fourth-order valence-corrected chi connectivity index (χ4v) is 1.59. The van der Waals surface area contributed by atoms with Crippen molar-refractivity contribution in [1.29, 1.82) is 0 Å². The number of rotatable bonds is 1. The minimum absolute atomic E-state index is 0.321. The first-order valence-corrected chi connectivity index (χ1v) is 5.12. The normalized spacial score (nSPS) is 30.0. The van der Waals surface area contributed by atoms with Crippen LogP contribution >= 0.6 is 0 Å². The van der Waals surface area contributed by atoms with Crippen molar-refractivity contribution in [3.63, 3.8) is 0 Å². The SMILES string of the molecule is CC(C)C1(C)OCC2(CO1)OCCO2. The van der Waals surface area contributed by atoms with Gasteiger partial charge in [0.25, 0.3) is 0 Å². The molecule has 2 heterocycles. The van der Waals surface area contributed by atoms with Gasteiger partial charge >= 0.3 is 0 Å². The van der Waals surface area contributed by atoms with Crippen LogP contribution in [0.5, 0.6) is 0 Å². The second kappa shape index (κ2) is 3.45. The fraction of sp³-hybridized carbons (Fsp3) is 1.00. The quantitative estimate of drug-likeness (QED) is 0.639. The molecule has 0 unspecified atom stereocenters. The van der Waals surface area contributed by atoms with Gasteiger partial charge in [-0.1, -0.05) is 13.8 Å². The van der Waals surface area contributed by atoms with Gasteiger partial charge in [0.05, 0.1) is 13.2 Å². The molecule has 2 rings (SSSR count). The van der Waals surface area contributed by atoms with E-state index in [-0.39, 0.29) is 0 Å². The molecule has 4 heteroatoms. The van der Waals surface area contributed by atoms with Crippen LogP contribution in [0, 0.1) is 5.92 Å². The fourth-order valence-electron chi connectivity index (χ4n) is 1.59. The second-order valence-corrected chi connectivity index (χ2v) is 4.36. The van der Waals surface area contributed by atoms with Crippen molar-refractivity contribution >= 4 is 0 Å². The molecule has 0 N–H and O–H groups in total. The molecule has 14 heavy (non-hydrogen) atoms. The lowest BCUT2D eigenvalue weighted by molar-refractivity contribution is -0.367. The maximum atomic E-state index is 5.69.